The van der Waals surface area contributed by atoms with Crippen molar-refractivity contribution in [3.05, 3.63) is 65.4 Å². The predicted octanol–water partition coefficient (Wildman–Crippen LogP) is 5.37. The molecule has 8 heteroatoms. The van der Waals surface area contributed by atoms with E-state index in [1.165, 1.54) is 24.5 Å². The number of anilines is 1. The number of rotatable bonds is 6. The van der Waals surface area contributed by atoms with E-state index in [9.17, 15) is 23.4 Å². The van der Waals surface area contributed by atoms with Crippen molar-refractivity contribution in [1.82, 2.24) is 4.98 Å². The number of alkyl halides is 3. The molecule has 0 aliphatic carbocycles. The lowest BCUT2D eigenvalue weighted by molar-refractivity contribution is -0.256. The van der Waals surface area contributed by atoms with Gasteiger partial charge in [0, 0.05) is 22.5 Å². The maximum Gasteiger partial charge on any atom is 0.420 e. The summed E-state index contributed by atoms with van der Waals surface area (Å²) in [6, 6.07) is 11.4. The molecule has 0 saturated carbocycles. The van der Waals surface area contributed by atoms with Gasteiger partial charge in [0.15, 0.2) is 5.60 Å². The molecule has 2 aromatic carbocycles. The number of fused-ring (bicyclic) bond motifs is 1. The lowest BCUT2D eigenvalue weighted by Crippen LogP contribution is -2.54. The largest absolute Gasteiger partial charge is 0.508 e. The van der Waals surface area contributed by atoms with Crippen molar-refractivity contribution in [2.75, 3.05) is 17.3 Å². The van der Waals surface area contributed by atoms with Crippen molar-refractivity contribution in [3.63, 3.8) is 0 Å². The number of aryl methyl sites for hydroxylation is 2. The average molecular weight is 436 g/mol. The summed E-state index contributed by atoms with van der Waals surface area (Å²) in [5.41, 5.74) is -0.546. The van der Waals surface area contributed by atoms with Crippen LogP contribution in [0.15, 0.2) is 48.5 Å². The minimum Gasteiger partial charge on any atom is -0.508 e. The fourth-order valence-corrected chi connectivity index (χ4v) is 4.19. The fourth-order valence-electron chi connectivity index (χ4n) is 3.42. The Bertz CT molecular complexity index is 1060. The lowest BCUT2D eigenvalue weighted by Gasteiger charge is -2.38. The van der Waals surface area contributed by atoms with Gasteiger partial charge in [-0.3, -0.25) is 4.98 Å². The third-order valence-corrected chi connectivity index (χ3v) is 5.79. The fraction of sp³-hybridized carbons (Fsp3) is 0.318. The Morgan fingerprint density at radius 1 is 1.10 bits per heavy atom. The number of aromatic hydroxyl groups is 1. The predicted molar refractivity (Wildman–Crippen MR) is 115 cm³/mol. The Hall–Kier alpha value is -2.45. The highest BCUT2D eigenvalue weighted by molar-refractivity contribution is 7.98. The van der Waals surface area contributed by atoms with Gasteiger partial charge < -0.3 is 15.5 Å². The van der Waals surface area contributed by atoms with Crippen LogP contribution in [0.5, 0.6) is 5.75 Å². The Morgan fingerprint density at radius 3 is 2.47 bits per heavy atom. The first-order valence-electron chi connectivity index (χ1n) is 9.27. The zero-order chi connectivity index (χ0) is 22.1. The number of aromatic nitrogens is 1. The number of hydrogen-bond acceptors (Lipinski definition) is 5. The molecule has 0 aliphatic rings. The van der Waals surface area contributed by atoms with Gasteiger partial charge in [-0.2, -0.15) is 24.9 Å². The van der Waals surface area contributed by atoms with Crippen LogP contribution in [-0.2, 0) is 0 Å². The molecule has 0 bridgehead atoms. The SMILES string of the molecule is CSCC(O)(C(Nc1cccc2nc(C)ccc12)c1ccc(O)c(C)c1)C(F)(F)F. The highest BCUT2D eigenvalue weighted by Gasteiger charge is 2.59. The quantitative estimate of drug-likeness (QED) is 0.485. The summed E-state index contributed by atoms with van der Waals surface area (Å²) in [4.78, 5) is 4.43. The average Bonchev–Trinajstić information content (AvgIpc) is 2.67. The van der Waals surface area contributed by atoms with E-state index in [0.717, 1.165) is 17.5 Å². The summed E-state index contributed by atoms with van der Waals surface area (Å²) >= 11 is 0.910. The van der Waals surface area contributed by atoms with Gasteiger partial charge in [-0.05, 0) is 61.6 Å². The molecule has 0 saturated heterocycles. The summed E-state index contributed by atoms with van der Waals surface area (Å²) in [6.45, 7) is 3.43. The van der Waals surface area contributed by atoms with Crippen LogP contribution in [0, 0.1) is 13.8 Å². The highest BCUT2D eigenvalue weighted by atomic mass is 32.2. The minimum atomic E-state index is -4.89. The first-order chi connectivity index (χ1) is 14.1. The molecule has 1 aromatic heterocycles. The van der Waals surface area contributed by atoms with Gasteiger partial charge >= 0.3 is 6.18 Å². The van der Waals surface area contributed by atoms with Gasteiger partial charge in [0.05, 0.1) is 11.6 Å². The number of phenols is 1. The van der Waals surface area contributed by atoms with E-state index in [4.69, 9.17) is 0 Å². The van der Waals surface area contributed by atoms with Gasteiger partial charge in [0.1, 0.15) is 5.75 Å². The zero-order valence-electron chi connectivity index (χ0n) is 16.8. The molecule has 0 spiro atoms. The number of hydrogen-bond donors (Lipinski definition) is 3. The van der Waals surface area contributed by atoms with Crippen LogP contribution in [-0.4, -0.2) is 39.0 Å². The molecular formula is C22H23F3N2O2S. The van der Waals surface area contributed by atoms with Crippen molar-refractivity contribution < 1.29 is 23.4 Å². The molecule has 0 amide bonds. The molecule has 3 aromatic rings. The van der Waals surface area contributed by atoms with Crippen molar-refractivity contribution in [2.45, 2.75) is 31.7 Å². The van der Waals surface area contributed by atoms with Crippen LogP contribution in [0.1, 0.15) is 22.9 Å². The van der Waals surface area contributed by atoms with Gasteiger partial charge in [-0.25, -0.2) is 0 Å². The molecular weight excluding hydrogens is 413 g/mol. The van der Waals surface area contributed by atoms with E-state index in [1.54, 1.807) is 37.3 Å². The number of halogens is 3. The van der Waals surface area contributed by atoms with E-state index in [0.29, 0.717) is 22.2 Å². The van der Waals surface area contributed by atoms with E-state index in [2.05, 4.69) is 10.3 Å². The van der Waals surface area contributed by atoms with E-state index >= 15 is 0 Å². The van der Waals surface area contributed by atoms with E-state index in [1.807, 2.05) is 6.92 Å². The molecule has 160 valence electrons. The second kappa shape index (κ2) is 8.35. The van der Waals surface area contributed by atoms with Gasteiger partial charge in [0.2, 0.25) is 0 Å². The van der Waals surface area contributed by atoms with Crippen LogP contribution in [0.3, 0.4) is 0 Å². The summed E-state index contributed by atoms with van der Waals surface area (Å²) in [6.07, 6.45) is -3.38. The summed E-state index contributed by atoms with van der Waals surface area (Å²) in [5.74, 6) is -0.585. The van der Waals surface area contributed by atoms with Crippen LogP contribution >= 0.6 is 11.8 Å². The summed E-state index contributed by atoms with van der Waals surface area (Å²) in [7, 11) is 0. The van der Waals surface area contributed by atoms with Crippen molar-refractivity contribution >= 4 is 28.4 Å². The monoisotopic (exact) mass is 436 g/mol. The number of pyridine rings is 1. The molecule has 2 atom stereocenters. The topological polar surface area (TPSA) is 65.4 Å². The van der Waals surface area contributed by atoms with Crippen LogP contribution in [0.4, 0.5) is 18.9 Å². The number of nitrogens with one attached hydrogen (secondary N) is 1. The Kier molecular flexibility index (Phi) is 6.19. The van der Waals surface area contributed by atoms with Crippen LogP contribution in [0.25, 0.3) is 10.9 Å². The second-order valence-electron chi connectivity index (χ2n) is 7.30. The standard InChI is InChI=1S/C22H23F3N2O2S/c1-13-11-15(8-10-19(13)28)20(21(29,12-30-3)22(23,24)25)27-18-6-4-5-17-16(18)9-7-14(2)26-17/h4-11,20,27-29H,12H2,1-3H3. The highest BCUT2D eigenvalue weighted by Crippen LogP contribution is 2.44. The molecule has 0 aliphatic heterocycles. The first-order valence-corrected chi connectivity index (χ1v) is 10.7. The molecule has 0 fully saturated rings. The number of nitrogens with zero attached hydrogens (tertiary/aromatic N) is 1. The summed E-state index contributed by atoms with van der Waals surface area (Å²) in [5, 5.41) is 24.3. The minimum absolute atomic E-state index is 0.0252. The van der Waals surface area contributed by atoms with E-state index in [-0.39, 0.29) is 11.3 Å². The first kappa shape index (κ1) is 22.2. The number of aliphatic hydroxyl groups is 1. The van der Waals surface area contributed by atoms with Crippen LogP contribution < -0.4 is 5.32 Å². The molecule has 30 heavy (non-hydrogen) atoms. The van der Waals surface area contributed by atoms with E-state index < -0.39 is 23.6 Å². The molecule has 3 rings (SSSR count). The second-order valence-corrected chi connectivity index (χ2v) is 8.17. The van der Waals surface area contributed by atoms with Gasteiger partial charge in [-0.1, -0.05) is 18.2 Å². The molecule has 2 unspecified atom stereocenters. The van der Waals surface area contributed by atoms with Crippen molar-refractivity contribution in [3.8, 4) is 5.75 Å². The Balaban J connectivity index is 2.18. The third-order valence-electron chi connectivity index (χ3n) is 5.06. The zero-order valence-corrected chi connectivity index (χ0v) is 17.6. The molecule has 3 N–H and O–H groups in total. The molecule has 0 radical (unpaired) electrons. The lowest BCUT2D eigenvalue weighted by atomic mass is 9.88. The number of thioether (sulfide) groups is 1. The number of benzene rings is 2. The van der Waals surface area contributed by atoms with Gasteiger partial charge in [0.25, 0.3) is 0 Å². The normalized spacial score (nSPS) is 15.0. The number of phenolic OH excluding ortho intramolecular Hbond substituents is 1. The maximum atomic E-state index is 14.1. The third kappa shape index (κ3) is 4.20. The Morgan fingerprint density at radius 2 is 1.83 bits per heavy atom. The van der Waals surface area contributed by atoms with Crippen LogP contribution in [0.2, 0.25) is 0 Å². The summed E-state index contributed by atoms with van der Waals surface area (Å²) < 4.78 is 42.3. The van der Waals surface area contributed by atoms with Gasteiger partial charge in [-0.15, -0.1) is 0 Å². The molecule has 4 nitrogen and oxygen atoms in total. The maximum absolute atomic E-state index is 14.1. The smallest absolute Gasteiger partial charge is 0.420 e. The Labute approximate surface area is 177 Å². The van der Waals surface area contributed by atoms with Crippen molar-refractivity contribution in [1.29, 1.82) is 0 Å². The molecule has 1 heterocycles. The van der Waals surface area contributed by atoms with Crippen molar-refractivity contribution in [2.24, 2.45) is 0 Å².